The predicted octanol–water partition coefficient (Wildman–Crippen LogP) is 0.593. The van der Waals surface area contributed by atoms with E-state index in [1.54, 1.807) is 6.33 Å². The minimum atomic E-state index is 0.815. The van der Waals surface area contributed by atoms with Crippen molar-refractivity contribution < 1.29 is 0 Å². The van der Waals surface area contributed by atoms with Crippen LogP contribution in [0.3, 0.4) is 0 Å². The Morgan fingerprint density at radius 3 is 3.14 bits per heavy atom. The van der Waals surface area contributed by atoms with Crippen LogP contribution in [-0.4, -0.2) is 41.0 Å². The van der Waals surface area contributed by atoms with Crippen LogP contribution in [0.1, 0.15) is 18.5 Å². The van der Waals surface area contributed by atoms with Gasteiger partial charge in [0.1, 0.15) is 0 Å². The molecule has 0 unspecified atom stereocenters. The highest BCUT2D eigenvalue weighted by Crippen LogP contribution is 2.17. The highest BCUT2D eigenvalue weighted by molar-refractivity contribution is 4.93. The van der Waals surface area contributed by atoms with E-state index >= 15 is 0 Å². The quantitative estimate of drug-likeness (QED) is 0.696. The molecule has 78 valence electrons. The van der Waals surface area contributed by atoms with E-state index in [-0.39, 0.29) is 0 Å². The van der Waals surface area contributed by atoms with Crippen LogP contribution in [0.15, 0.2) is 12.5 Å². The molecule has 0 amide bonds. The topological polar surface area (TPSA) is 44.0 Å². The summed E-state index contributed by atoms with van der Waals surface area (Å²) >= 11 is 0. The number of H-pyrrole nitrogens is 1. The van der Waals surface area contributed by atoms with E-state index in [2.05, 4.69) is 27.2 Å². The maximum absolute atomic E-state index is 4.00. The molecule has 0 radical (unpaired) electrons. The van der Waals surface area contributed by atoms with Crippen molar-refractivity contribution in [3.63, 3.8) is 0 Å². The molecule has 14 heavy (non-hydrogen) atoms. The Morgan fingerprint density at radius 1 is 1.64 bits per heavy atom. The van der Waals surface area contributed by atoms with Crippen LogP contribution in [-0.2, 0) is 6.54 Å². The number of aromatic amines is 1. The molecule has 2 rings (SSSR count). The Morgan fingerprint density at radius 2 is 2.50 bits per heavy atom. The van der Waals surface area contributed by atoms with Crippen molar-refractivity contribution >= 4 is 0 Å². The normalized spacial score (nSPS) is 16.4. The van der Waals surface area contributed by atoms with Gasteiger partial charge in [-0.1, -0.05) is 0 Å². The van der Waals surface area contributed by atoms with E-state index in [0.717, 1.165) is 25.7 Å². The van der Waals surface area contributed by atoms with E-state index in [1.807, 2.05) is 6.20 Å². The van der Waals surface area contributed by atoms with Crippen molar-refractivity contribution in [1.82, 2.24) is 20.2 Å². The van der Waals surface area contributed by atoms with Crippen molar-refractivity contribution in [2.75, 3.05) is 20.1 Å². The molecule has 4 heteroatoms. The van der Waals surface area contributed by atoms with Crippen molar-refractivity contribution in [3.8, 4) is 0 Å². The number of nitrogens with zero attached hydrogens (tertiary/aromatic N) is 2. The van der Waals surface area contributed by atoms with Crippen LogP contribution in [0.4, 0.5) is 0 Å². The Bertz CT molecular complexity index is 253. The van der Waals surface area contributed by atoms with Crippen LogP contribution in [0.25, 0.3) is 0 Å². The van der Waals surface area contributed by atoms with E-state index < -0.39 is 0 Å². The van der Waals surface area contributed by atoms with Crippen LogP contribution in [0, 0.1) is 0 Å². The highest BCUT2D eigenvalue weighted by Gasteiger charge is 2.19. The van der Waals surface area contributed by atoms with Gasteiger partial charge in [-0.05, 0) is 19.9 Å². The molecule has 0 atom stereocenters. The Hall–Kier alpha value is -0.870. The fourth-order valence-corrected chi connectivity index (χ4v) is 1.49. The minimum Gasteiger partial charge on any atom is -0.347 e. The van der Waals surface area contributed by atoms with Crippen molar-refractivity contribution in [1.29, 1.82) is 0 Å². The summed E-state index contributed by atoms with van der Waals surface area (Å²) in [5, 5.41) is 3.50. The van der Waals surface area contributed by atoms with Crippen LogP contribution >= 0.6 is 0 Å². The zero-order valence-corrected chi connectivity index (χ0v) is 8.66. The summed E-state index contributed by atoms with van der Waals surface area (Å²) in [5.74, 6) is 0. The first-order valence-electron chi connectivity index (χ1n) is 5.24. The summed E-state index contributed by atoms with van der Waals surface area (Å²) in [6.07, 6.45) is 6.34. The number of imidazole rings is 1. The first-order chi connectivity index (χ1) is 6.84. The Balaban J connectivity index is 1.60. The van der Waals surface area contributed by atoms with E-state index in [1.165, 1.54) is 18.5 Å². The van der Waals surface area contributed by atoms with Gasteiger partial charge in [-0.25, -0.2) is 4.98 Å². The molecule has 1 aromatic heterocycles. The molecule has 0 aromatic carbocycles. The molecule has 1 aliphatic carbocycles. The third-order valence-corrected chi connectivity index (χ3v) is 2.50. The largest absolute Gasteiger partial charge is 0.347 e. The van der Waals surface area contributed by atoms with Gasteiger partial charge in [-0.3, -0.25) is 4.90 Å². The summed E-state index contributed by atoms with van der Waals surface area (Å²) in [6.45, 7) is 3.14. The summed E-state index contributed by atoms with van der Waals surface area (Å²) in [5.41, 5.74) is 1.18. The summed E-state index contributed by atoms with van der Waals surface area (Å²) in [7, 11) is 2.13. The monoisotopic (exact) mass is 194 g/mol. The standard InChI is InChI=1S/C10H18N4/c1-14(5-4-12-9-2-3-9)7-10-6-11-8-13-10/h6,8-9,12H,2-5,7H2,1H3,(H,11,13). The maximum Gasteiger partial charge on any atom is 0.0922 e. The number of hydrogen-bond donors (Lipinski definition) is 2. The van der Waals surface area contributed by atoms with Gasteiger partial charge in [-0.15, -0.1) is 0 Å². The van der Waals surface area contributed by atoms with Gasteiger partial charge in [0.2, 0.25) is 0 Å². The van der Waals surface area contributed by atoms with E-state index in [9.17, 15) is 0 Å². The van der Waals surface area contributed by atoms with E-state index in [0.29, 0.717) is 0 Å². The number of likely N-dealkylation sites (N-methyl/N-ethyl adjacent to an activating group) is 1. The van der Waals surface area contributed by atoms with Crippen molar-refractivity contribution in [3.05, 3.63) is 18.2 Å². The van der Waals surface area contributed by atoms with Gasteiger partial charge in [0.15, 0.2) is 0 Å². The van der Waals surface area contributed by atoms with Gasteiger partial charge < -0.3 is 10.3 Å². The first kappa shape index (κ1) is 9.68. The van der Waals surface area contributed by atoms with E-state index in [4.69, 9.17) is 0 Å². The zero-order valence-electron chi connectivity index (χ0n) is 8.66. The molecule has 1 aromatic rings. The lowest BCUT2D eigenvalue weighted by Crippen LogP contribution is -2.30. The summed E-state index contributed by atoms with van der Waals surface area (Å²) in [4.78, 5) is 9.40. The van der Waals surface area contributed by atoms with Gasteiger partial charge in [0.05, 0.1) is 6.33 Å². The molecule has 1 heterocycles. The Labute approximate surface area is 84.7 Å². The van der Waals surface area contributed by atoms with Crippen LogP contribution in [0.2, 0.25) is 0 Å². The minimum absolute atomic E-state index is 0.815. The molecule has 1 saturated carbocycles. The predicted molar refractivity (Wildman–Crippen MR) is 55.9 cm³/mol. The fraction of sp³-hybridized carbons (Fsp3) is 0.700. The molecule has 0 spiro atoms. The summed E-state index contributed by atoms with van der Waals surface area (Å²) < 4.78 is 0. The molecule has 2 N–H and O–H groups in total. The summed E-state index contributed by atoms with van der Waals surface area (Å²) in [6, 6.07) is 0.815. The number of rotatable bonds is 6. The second-order valence-corrected chi connectivity index (χ2v) is 4.04. The third kappa shape index (κ3) is 3.12. The van der Waals surface area contributed by atoms with Gasteiger partial charge in [0.25, 0.3) is 0 Å². The third-order valence-electron chi connectivity index (χ3n) is 2.50. The second-order valence-electron chi connectivity index (χ2n) is 4.04. The number of nitrogens with one attached hydrogen (secondary N) is 2. The number of aromatic nitrogens is 2. The van der Waals surface area contributed by atoms with Gasteiger partial charge in [0, 0.05) is 37.6 Å². The van der Waals surface area contributed by atoms with Crippen molar-refractivity contribution in [2.24, 2.45) is 0 Å². The molecule has 0 aliphatic heterocycles. The average Bonchev–Trinajstić information content (AvgIpc) is 2.83. The van der Waals surface area contributed by atoms with Crippen LogP contribution < -0.4 is 5.32 Å². The van der Waals surface area contributed by atoms with Crippen molar-refractivity contribution in [2.45, 2.75) is 25.4 Å². The smallest absolute Gasteiger partial charge is 0.0922 e. The molecule has 1 aliphatic rings. The Kier molecular flexibility index (Phi) is 3.16. The lowest BCUT2D eigenvalue weighted by molar-refractivity contribution is 0.320. The second kappa shape index (κ2) is 4.57. The molecular formula is C10H18N4. The fourth-order valence-electron chi connectivity index (χ4n) is 1.49. The first-order valence-corrected chi connectivity index (χ1v) is 5.24. The SMILES string of the molecule is CN(CCNC1CC1)Cc1cnc[nH]1. The average molecular weight is 194 g/mol. The molecule has 0 bridgehead atoms. The number of hydrogen-bond acceptors (Lipinski definition) is 3. The lowest BCUT2D eigenvalue weighted by atomic mass is 10.4. The van der Waals surface area contributed by atoms with Crippen LogP contribution in [0.5, 0.6) is 0 Å². The molecule has 0 saturated heterocycles. The maximum atomic E-state index is 4.00. The zero-order chi connectivity index (χ0) is 9.80. The van der Waals surface area contributed by atoms with Gasteiger partial charge in [-0.2, -0.15) is 0 Å². The van der Waals surface area contributed by atoms with Gasteiger partial charge >= 0.3 is 0 Å². The molecule has 1 fully saturated rings. The lowest BCUT2D eigenvalue weighted by Gasteiger charge is -2.15. The highest BCUT2D eigenvalue weighted by atomic mass is 15.1. The molecule has 4 nitrogen and oxygen atoms in total. The molecular weight excluding hydrogens is 176 g/mol.